The Morgan fingerprint density at radius 3 is 2.67 bits per heavy atom. The van der Waals surface area contributed by atoms with Crippen molar-refractivity contribution in [3.8, 4) is 11.5 Å². The summed E-state index contributed by atoms with van der Waals surface area (Å²) in [6.45, 7) is 7.12. The van der Waals surface area contributed by atoms with Gasteiger partial charge < -0.3 is 14.2 Å². The van der Waals surface area contributed by atoms with E-state index in [9.17, 15) is 4.79 Å². The van der Waals surface area contributed by atoms with Crippen molar-refractivity contribution in [2.24, 2.45) is 5.92 Å². The van der Waals surface area contributed by atoms with E-state index in [1.165, 1.54) is 6.08 Å². The number of methoxy groups -OCH3 is 1. The first-order chi connectivity index (χ1) is 10.1. The molecule has 0 atom stereocenters. The van der Waals surface area contributed by atoms with Gasteiger partial charge in [0, 0.05) is 6.08 Å². The van der Waals surface area contributed by atoms with Crippen molar-refractivity contribution < 1.29 is 19.0 Å². The van der Waals surface area contributed by atoms with E-state index < -0.39 is 0 Å². The summed E-state index contributed by atoms with van der Waals surface area (Å²) in [6, 6.07) is 5.56. The maximum absolute atomic E-state index is 11.3. The van der Waals surface area contributed by atoms with Crippen LogP contribution < -0.4 is 9.47 Å². The lowest BCUT2D eigenvalue weighted by Gasteiger charge is -2.12. The van der Waals surface area contributed by atoms with E-state index in [-0.39, 0.29) is 5.97 Å². The fourth-order valence-electron chi connectivity index (χ4n) is 1.67. The average molecular weight is 292 g/mol. The highest BCUT2D eigenvalue weighted by Crippen LogP contribution is 2.28. The second-order valence-corrected chi connectivity index (χ2v) is 5.03. The predicted molar refractivity (Wildman–Crippen MR) is 83.6 cm³/mol. The Bertz CT molecular complexity index is 478. The molecule has 0 bridgehead atoms. The molecule has 4 nitrogen and oxygen atoms in total. The van der Waals surface area contributed by atoms with Gasteiger partial charge >= 0.3 is 5.97 Å². The van der Waals surface area contributed by atoms with Gasteiger partial charge in [-0.2, -0.15) is 0 Å². The molecule has 1 aromatic carbocycles. The first-order valence-electron chi connectivity index (χ1n) is 7.22. The van der Waals surface area contributed by atoms with E-state index >= 15 is 0 Å². The van der Waals surface area contributed by atoms with E-state index in [1.54, 1.807) is 20.1 Å². The Kier molecular flexibility index (Phi) is 7.37. The van der Waals surface area contributed by atoms with Crippen LogP contribution in [0.5, 0.6) is 11.5 Å². The highest BCUT2D eigenvalue weighted by Gasteiger charge is 2.05. The van der Waals surface area contributed by atoms with Crippen molar-refractivity contribution in [1.82, 2.24) is 0 Å². The monoisotopic (exact) mass is 292 g/mol. The van der Waals surface area contributed by atoms with Gasteiger partial charge in [-0.25, -0.2) is 4.79 Å². The molecule has 21 heavy (non-hydrogen) atoms. The Morgan fingerprint density at radius 2 is 2.05 bits per heavy atom. The van der Waals surface area contributed by atoms with E-state index in [0.29, 0.717) is 30.6 Å². The number of benzene rings is 1. The maximum atomic E-state index is 11.3. The number of carbonyl (C=O) groups excluding carboxylic acids is 1. The molecule has 0 fully saturated rings. The Hall–Kier alpha value is -1.97. The van der Waals surface area contributed by atoms with Crippen LogP contribution in [-0.2, 0) is 9.53 Å². The molecule has 0 N–H and O–H groups in total. The lowest BCUT2D eigenvalue weighted by atomic mass is 10.1. The smallest absolute Gasteiger partial charge is 0.330 e. The molecule has 0 unspecified atom stereocenters. The molecule has 0 saturated heterocycles. The van der Waals surface area contributed by atoms with Crippen molar-refractivity contribution in [1.29, 1.82) is 0 Å². The Labute approximate surface area is 126 Å². The molecular weight excluding hydrogens is 268 g/mol. The summed E-state index contributed by atoms with van der Waals surface area (Å²) in [7, 11) is 1.60. The van der Waals surface area contributed by atoms with Crippen LogP contribution in [0.3, 0.4) is 0 Å². The summed E-state index contributed by atoms with van der Waals surface area (Å²) in [5, 5.41) is 0. The average Bonchev–Trinajstić information content (AvgIpc) is 2.46. The summed E-state index contributed by atoms with van der Waals surface area (Å²) < 4.78 is 15.9. The van der Waals surface area contributed by atoms with E-state index in [0.717, 1.165) is 12.0 Å². The second kappa shape index (κ2) is 9.06. The molecule has 0 aliphatic heterocycles. The van der Waals surface area contributed by atoms with Crippen molar-refractivity contribution in [3.63, 3.8) is 0 Å². The van der Waals surface area contributed by atoms with E-state index in [1.807, 2.05) is 18.2 Å². The van der Waals surface area contributed by atoms with Crippen LogP contribution in [0.4, 0.5) is 0 Å². The molecule has 0 saturated carbocycles. The molecule has 0 aliphatic carbocycles. The lowest BCUT2D eigenvalue weighted by molar-refractivity contribution is -0.137. The third-order valence-electron chi connectivity index (χ3n) is 2.84. The maximum Gasteiger partial charge on any atom is 0.330 e. The van der Waals surface area contributed by atoms with Gasteiger partial charge in [-0.1, -0.05) is 19.9 Å². The fraction of sp³-hybridized carbons (Fsp3) is 0.471. The minimum absolute atomic E-state index is 0.353. The minimum Gasteiger partial charge on any atom is -0.493 e. The quantitative estimate of drug-likeness (QED) is 0.541. The molecule has 1 aromatic rings. The minimum atomic E-state index is -0.353. The number of esters is 1. The second-order valence-electron chi connectivity index (χ2n) is 5.03. The predicted octanol–water partition coefficient (Wildman–Crippen LogP) is 3.70. The fourth-order valence-corrected chi connectivity index (χ4v) is 1.67. The molecular formula is C17H24O4. The van der Waals surface area contributed by atoms with Gasteiger partial charge in [-0.3, -0.25) is 0 Å². The van der Waals surface area contributed by atoms with Crippen LogP contribution >= 0.6 is 0 Å². The lowest BCUT2D eigenvalue weighted by Crippen LogP contribution is -2.02. The normalized spacial score (nSPS) is 10.9. The molecule has 0 spiro atoms. The third-order valence-corrected chi connectivity index (χ3v) is 2.84. The van der Waals surface area contributed by atoms with Crippen molar-refractivity contribution in [3.05, 3.63) is 29.8 Å². The van der Waals surface area contributed by atoms with Gasteiger partial charge in [0.2, 0.25) is 0 Å². The first-order valence-corrected chi connectivity index (χ1v) is 7.22. The third kappa shape index (κ3) is 6.34. The molecule has 1 rings (SSSR count). The highest BCUT2D eigenvalue weighted by atomic mass is 16.5. The summed E-state index contributed by atoms with van der Waals surface area (Å²) in [6.07, 6.45) is 4.09. The summed E-state index contributed by atoms with van der Waals surface area (Å²) in [5.74, 6) is 1.62. The summed E-state index contributed by atoms with van der Waals surface area (Å²) >= 11 is 0. The number of rotatable bonds is 8. The number of hydrogen-bond donors (Lipinski definition) is 0. The number of ether oxygens (including phenoxy) is 3. The van der Waals surface area contributed by atoms with Gasteiger partial charge in [0.05, 0.1) is 20.3 Å². The van der Waals surface area contributed by atoms with Gasteiger partial charge in [-0.05, 0) is 43.0 Å². The number of hydrogen-bond acceptors (Lipinski definition) is 4. The molecule has 0 aromatic heterocycles. The molecule has 0 radical (unpaired) electrons. The SMILES string of the molecule is CCOC(=O)/C=C/c1ccc(OCCC(C)C)c(OC)c1. The van der Waals surface area contributed by atoms with E-state index in [2.05, 4.69) is 13.8 Å². The van der Waals surface area contributed by atoms with Gasteiger partial charge in [0.25, 0.3) is 0 Å². The Morgan fingerprint density at radius 1 is 1.29 bits per heavy atom. The zero-order chi connectivity index (χ0) is 15.7. The van der Waals surface area contributed by atoms with Crippen molar-refractivity contribution in [2.45, 2.75) is 27.2 Å². The zero-order valence-corrected chi connectivity index (χ0v) is 13.2. The molecule has 4 heteroatoms. The Balaban J connectivity index is 2.71. The topological polar surface area (TPSA) is 44.8 Å². The highest BCUT2D eigenvalue weighted by molar-refractivity contribution is 5.87. The zero-order valence-electron chi connectivity index (χ0n) is 13.2. The molecule has 0 amide bonds. The van der Waals surface area contributed by atoms with Gasteiger partial charge in [0.15, 0.2) is 11.5 Å². The van der Waals surface area contributed by atoms with Crippen LogP contribution in [0.25, 0.3) is 6.08 Å². The summed E-state index contributed by atoms with van der Waals surface area (Å²) in [4.78, 5) is 11.3. The number of carbonyl (C=O) groups is 1. The largest absolute Gasteiger partial charge is 0.493 e. The van der Waals surface area contributed by atoms with Crippen LogP contribution in [-0.4, -0.2) is 26.3 Å². The van der Waals surface area contributed by atoms with Crippen LogP contribution in [0.2, 0.25) is 0 Å². The van der Waals surface area contributed by atoms with Crippen LogP contribution in [0.15, 0.2) is 24.3 Å². The van der Waals surface area contributed by atoms with Gasteiger partial charge in [-0.15, -0.1) is 0 Å². The van der Waals surface area contributed by atoms with Gasteiger partial charge in [0.1, 0.15) is 0 Å². The molecule has 0 aliphatic rings. The van der Waals surface area contributed by atoms with Crippen molar-refractivity contribution in [2.75, 3.05) is 20.3 Å². The standard InChI is InChI=1S/C17H24O4/c1-5-20-17(18)9-7-14-6-8-15(16(12-14)19-4)21-11-10-13(2)3/h6-9,12-13H,5,10-11H2,1-4H3/b9-7+. The van der Waals surface area contributed by atoms with E-state index in [4.69, 9.17) is 14.2 Å². The summed E-state index contributed by atoms with van der Waals surface area (Å²) in [5.41, 5.74) is 0.858. The molecule has 0 heterocycles. The van der Waals surface area contributed by atoms with Crippen molar-refractivity contribution >= 4 is 12.0 Å². The van der Waals surface area contributed by atoms with Crippen LogP contribution in [0.1, 0.15) is 32.8 Å². The molecule has 116 valence electrons. The van der Waals surface area contributed by atoms with Crippen LogP contribution in [0, 0.1) is 5.92 Å². The first kappa shape index (κ1) is 17.1.